The summed E-state index contributed by atoms with van der Waals surface area (Å²) >= 11 is 0. The molecule has 0 bridgehead atoms. The average Bonchev–Trinajstić information content (AvgIpc) is 2.46. The van der Waals surface area contributed by atoms with Crippen molar-refractivity contribution in [1.82, 2.24) is 9.38 Å². The Labute approximate surface area is 96.5 Å². The molecule has 0 atom stereocenters. The van der Waals surface area contributed by atoms with Gasteiger partial charge in [-0.3, -0.25) is 0 Å². The summed E-state index contributed by atoms with van der Waals surface area (Å²) in [6.07, 6.45) is 3.15. The molecule has 0 aromatic carbocycles. The van der Waals surface area contributed by atoms with Crippen LogP contribution in [-0.2, 0) is 0 Å². The second-order valence-corrected chi connectivity index (χ2v) is 2.38. The minimum Gasteiger partial charge on any atom is -0.543 e. The average molecular weight is 184 g/mol. The van der Waals surface area contributed by atoms with Crippen LogP contribution in [0.2, 0.25) is 0 Å². The number of pyridine rings is 1. The maximum atomic E-state index is 10.4. The molecular formula is C8H5N2NaO2. The van der Waals surface area contributed by atoms with Crippen molar-refractivity contribution in [2.45, 2.75) is 0 Å². The summed E-state index contributed by atoms with van der Waals surface area (Å²) < 4.78 is 1.63. The predicted octanol–water partition coefficient (Wildman–Crippen LogP) is -3.30. The van der Waals surface area contributed by atoms with E-state index in [1.807, 2.05) is 0 Å². The first-order chi connectivity index (χ1) is 5.77. The molecule has 0 N–H and O–H groups in total. The van der Waals surface area contributed by atoms with Crippen LogP contribution in [-0.4, -0.2) is 15.4 Å². The fourth-order valence-corrected chi connectivity index (χ4v) is 1.03. The number of carboxylic acid groups (broad SMARTS) is 1. The van der Waals surface area contributed by atoms with Gasteiger partial charge in [-0.15, -0.1) is 0 Å². The standard InChI is InChI=1S/C8H6N2O2.Na/c11-8(12)6-5-10-4-2-1-3-7(10)9-6;/h1-5H,(H,11,12);/q;+1/p-1. The van der Waals surface area contributed by atoms with Crippen LogP contribution in [0.1, 0.15) is 10.5 Å². The first-order valence-corrected chi connectivity index (χ1v) is 3.42. The zero-order valence-electron chi connectivity index (χ0n) is 7.10. The van der Waals surface area contributed by atoms with Gasteiger partial charge in [0.05, 0.1) is 5.97 Å². The molecule has 0 unspecified atom stereocenters. The summed E-state index contributed by atoms with van der Waals surface area (Å²) in [5.74, 6) is -1.25. The van der Waals surface area contributed by atoms with Crippen molar-refractivity contribution in [1.29, 1.82) is 0 Å². The number of rotatable bonds is 1. The van der Waals surface area contributed by atoms with Gasteiger partial charge in [-0.05, 0) is 12.1 Å². The van der Waals surface area contributed by atoms with Crippen molar-refractivity contribution in [3.8, 4) is 0 Å². The van der Waals surface area contributed by atoms with E-state index in [0.29, 0.717) is 5.65 Å². The molecule has 60 valence electrons. The Morgan fingerprint density at radius 2 is 2.23 bits per heavy atom. The summed E-state index contributed by atoms with van der Waals surface area (Å²) in [5, 5.41) is 10.4. The van der Waals surface area contributed by atoms with E-state index in [-0.39, 0.29) is 35.3 Å². The number of hydrogen-bond acceptors (Lipinski definition) is 3. The number of fused-ring (bicyclic) bond motifs is 1. The zero-order chi connectivity index (χ0) is 8.55. The van der Waals surface area contributed by atoms with Crippen LogP contribution >= 0.6 is 0 Å². The van der Waals surface area contributed by atoms with E-state index in [2.05, 4.69) is 4.98 Å². The van der Waals surface area contributed by atoms with E-state index in [1.165, 1.54) is 6.20 Å². The zero-order valence-corrected chi connectivity index (χ0v) is 9.10. The third-order valence-corrected chi connectivity index (χ3v) is 1.57. The number of aromatic nitrogens is 2. The molecule has 0 aliphatic heterocycles. The molecule has 2 aromatic rings. The molecule has 0 radical (unpaired) electrons. The van der Waals surface area contributed by atoms with E-state index < -0.39 is 5.97 Å². The normalized spacial score (nSPS) is 9.54. The second kappa shape index (κ2) is 3.91. The van der Waals surface area contributed by atoms with Crippen molar-refractivity contribution >= 4 is 11.6 Å². The van der Waals surface area contributed by atoms with Gasteiger partial charge in [-0.25, -0.2) is 4.98 Å². The predicted molar refractivity (Wildman–Crippen MR) is 39.5 cm³/mol. The fraction of sp³-hybridized carbons (Fsp3) is 0. The molecule has 0 saturated carbocycles. The van der Waals surface area contributed by atoms with Gasteiger partial charge in [0.15, 0.2) is 0 Å². The first kappa shape index (κ1) is 10.2. The molecule has 5 heteroatoms. The molecule has 2 heterocycles. The number of carboxylic acids is 1. The van der Waals surface area contributed by atoms with Gasteiger partial charge in [0.25, 0.3) is 0 Å². The van der Waals surface area contributed by atoms with Gasteiger partial charge in [-0.2, -0.15) is 0 Å². The summed E-state index contributed by atoms with van der Waals surface area (Å²) in [5.41, 5.74) is 0.568. The van der Waals surface area contributed by atoms with E-state index in [1.54, 1.807) is 28.8 Å². The monoisotopic (exact) mass is 184 g/mol. The maximum absolute atomic E-state index is 10.4. The van der Waals surface area contributed by atoms with Crippen LogP contribution in [0.25, 0.3) is 5.65 Å². The molecule has 0 aliphatic carbocycles. The van der Waals surface area contributed by atoms with Crippen LogP contribution in [0.3, 0.4) is 0 Å². The van der Waals surface area contributed by atoms with E-state index in [0.717, 1.165) is 0 Å². The van der Waals surface area contributed by atoms with Crippen LogP contribution in [0.15, 0.2) is 30.6 Å². The van der Waals surface area contributed by atoms with E-state index in [4.69, 9.17) is 0 Å². The largest absolute Gasteiger partial charge is 1.00 e. The molecule has 2 aromatic heterocycles. The maximum Gasteiger partial charge on any atom is 1.00 e. The second-order valence-electron chi connectivity index (χ2n) is 2.38. The number of nitrogens with zero attached hydrogens (tertiary/aromatic N) is 2. The van der Waals surface area contributed by atoms with Crippen molar-refractivity contribution in [3.05, 3.63) is 36.3 Å². The summed E-state index contributed by atoms with van der Waals surface area (Å²) in [6.45, 7) is 0. The quantitative estimate of drug-likeness (QED) is 0.436. The molecule has 0 saturated heterocycles. The minimum absolute atomic E-state index is 0. The van der Waals surface area contributed by atoms with Gasteiger partial charge in [0.1, 0.15) is 11.3 Å². The molecule has 0 fully saturated rings. The van der Waals surface area contributed by atoms with Crippen molar-refractivity contribution in [2.75, 3.05) is 0 Å². The van der Waals surface area contributed by atoms with Gasteiger partial charge >= 0.3 is 29.6 Å². The summed E-state index contributed by atoms with van der Waals surface area (Å²) in [6, 6.07) is 5.32. The number of imidazole rings is 1. The molecular weight excluding hydrogens is 179 g/mol. The number of hydrogen-bond donors (Lipinski definition) is 0. The fourth-order valence-electron chi connectivity index (χ4n) is 1.03. The van der Waals surface area contributed by atoms with E-state index in [9.17, 15) is 9.90 Å². The van der Waals surface area contributed by atoms with Gasteiger partial charge in [0.2, 0.25) is 0 Å². The van der Waals surface area contributed by atoms with Crippen molar-refractivity contribution in [2.24, 2.45) is 0 Å². The smallest absolute Gasteiger partial charge is 0.543 e. The Hall–Kier alpha value is -0.840. The Morgan fingerprint density at radius 3 is 2.85 bits per heavy atom. The summed E-state index contributed by atoms with van der Waals surface area (Å²) in [7, 11) is 0. The minimum atomic E-state index is -1.25. The first-order valence-electron chi connectivity index (χ1n) is 3.42. The third-order valence-electron chi connectivity index (χ3n) is 1.57. The SMILES string of the molecule is O=C([O-])c1cn2ccccc2n1.[Na+]. The van der Waals surface area contributed by atoms with E-state index >= 15 is 0 Å². The van der Waals surface area contributed by atoms with Gasteiger partial charge in [-0.1, -0.05) is 6.07 Å². The molecule has 0 spiro atoms. The van der Waals surface area contributed by atoms with Crippen LogP contribution in [0.4, 0.5) is 0 Å². The van der Waals surface area contributed by atoms with Gasteiger partial charge in [0, 0.05) is 12.4 Å². The third kappa shape index (κ3) is 1.91. The number of carbonyl (C=O) groups is 1. The molecule has 4 nitrogen and oxygen atoms in total. The summed E-state index contributed by atoms with van der Waals surface area (Å²) in [4.78, 5) is 14.2. The van der Waals surface area contributed by atoms with Crippen LogP contribution < -0.4 is 34.7 Å². The Morgan fingerprint density at radius 1 is 1.46 bits per heavy atom. The van der Waals surface area contributed by atoms with Crippen molar-refractivity contribution in [3.63, 3.8) is 0 Å². The van der Waals surface area contributed by atoms with Crippen LogP contribution in [0, 0.1) is 0 Å². The Kier molecular flexibility index (Phi) is 3.08. The molecule has 0 aliphatic rings. The molecule has 13 heavy (non-hydrogen) atoms. The molecule has 0 amide bonds. The topological polar surface area (TPSA) is 57.4 Å². The Balaban J connectivity index is 0.000000845. The molecule has 2 rings (SSSR count). The Bertz CT molecular complexity index is 405. The number of carbonyl (C=O) groups excluding carboxylic acids is 1. The van der Waals surface area contributed by atoms with Gasteiger partial charge < -0.3 is 14.3 Å². The van der Waals surface area contributed by atoms with Crippen LogP contribution in [0.5, 0.6) is 0 Å². The number of aromatic carboxylic acids is 1. The van der Waals surface area contributed by atoms with Crippen molar-refractivity contribution < 1.29 is 39.5 Å².